The number of carbonyl (C=O) groups is 1. The smallest absolute Gasteiger partial charge is 0.227 e. The summed E-state index contributed by atoms with van der Waals surface area (Å²) < 4.78 is 0. The van der Waals surface area contributed by atoms with E-state index in [1.165, 1.54) is 0 Å². The molecule has 2 N–H and O–H groups in total. The number of rotatable bonds is 4. The fourth-order valence-electron chi connectivity index (χ4n) is 1.85. The molecule has 106 valence electrons. The molecule has 1 aromatic carbocycles. The van der Waals surface area contributed by atoms with Crippen molar-refractivity contribution in [3.63, 3.8) is 0 Å². The molecule has 0 saturated carbocycles. The normalized spacial score (nSPS) is 13.2. The molecule has 0 heterocycles. The molecular formula is C16H26N2O. The summed E-state index contributed by atoms with van der Waals surface area (Å²) >= 11 is 0. The van der Waals surface area contributed by atoms with Gasteiger partial charge in [0.05, 0.1) is 0 Å². The van der Waals surface area contributed by atoms with Gasteiger partial charge in [0, 0.05) is 25.7 Å². The Bertz CT molecular complexity index is 435. The van der Waals surface area contributed by atoms with Crippen molar-refractivity contribution in [1.29, 1.82) is 0 Å². The number of benzene rings is 1. The average Bonchev–Trinajstić information content (AvgIpc) is 2.36. The Hall–Kier alpha value is -1.35. The highest BCUT2D eigenvalue weighted by Crippen LogP contribution is 2.29. The van der Waals surface area contributed by atoms with Gasteiger partial charge in [-0.3, -0.25) is 4.79 Å². The molecule has 1 atom stereocenters. The summed E-state index contributed by atoms with van der Waals surface area (Å²) in [6, 6.07) is 7.79. The third-order valence-corrected chi connectivity index (χ3v) is 3.91. The molecule has 1 amide bonds. The third-order valence-electron chi connectivity index (χ3n) is 3.91. The first-order valence-corrected chi connectivity index (χ1v) is 6.82. The minimum Gasteiger partial charge on any atom is -0.326 e. The van der Waals surface area contributed by atoms with Crippen LogP contribution in [0.5, 0.6) is 0 Å². The van der Waals surface area contributed by atoms with Gasteiger partial charge in [-0.1, -0.05) is 45.9 Å². The molecule has 3 nitrogen and oxygen atoms in total. The Labute approximate surface area is 116 Å². The molecule has 0 aliphatic carbocycles. The molecule has 0 fully saturated rings. The largest absolute Gasteiger partial charge is 0.326 e. The minimum absolute atomic E-state index is 0.142. The Morgan fingerprint density at radius 3 is 2.42 bits per heavy atom. The maximum absolute atomic E-state index is 12.4. The van der Waals surface area contributed by atoms with Gasteiger partial charge >= 0.3 is 0 Å². The predicted octanol–water partition coefficient (Wildman–Crippen LogP) is 3.18. The second kappa shape index (κ2) is 6.20. The van der Waals surface area contributed by atoms with Gasteiger partial charge < -0.3 is 10.6 Å². The Balaban J connectivity index is 2.83. The maximum Gasteiger partial charge on any atom is 0.227 e. The first-order chi connectivity index (χ1) is 8.77. The zero-order valence-corrected chi connectivity index (χ0v) is 12.7. The lowest BCUT2D eigenvalue weighted by atomic mass is 9.80. The molecule has 19 heavy (non-hydrogen) atoms. The van der Waals surface area contributed by atoms with Gasteiger partial charge in [-0.2, -0.15) is 0 Å². The summed E-state index contributed by atoms with van der Waals surface area (Å²) in [7, 11) is 1.83. The van der Waals surface area contributed by atoms with Gasteiger partial charge in [-0.15, -0.1) is 0 Å². The van der Waals surface area contributed by atoms with Gasteiger partial charge in [-0.05, 0) is 23.0 Å². The van der Waals surface area contributed by atoms with Crippen molar-refractivity contribution in [3.05, 3.63) is 29.8 Å². The van der Waals surface area contributed by atoms with Crippen LogP contribution >= 0.6 is 0 Å². The monoisotopic (exact) mass is 262 g/mol. The second-order valence-corrected chi connectivity index (χ2v) is 6.26. The zero-order chi connectivity index (χ0) is 14.6. The van der Waals surface area contributed by atoms with Crippen LogP contribution in [0.1, 0.15) is 39.7 Å². The molecule has 1 aromatic rings. The third kappa shape index (κ3) is 4.06. The lowest BCUT2D eigenvalue weighted by Gasteiger charge is -2.29. The molecule has 0 radical (unpaired) electrons. The van der Waals surface area contributed by atoms with E-state index in [4.69, 9.17) is 5.73 Å². The van der Waals surface area contributed by atoms with Crippen LogP contribution in [0.15, 0.2) is 24.3 Å². The quantitative estimate of drug-likeness (QED) is 0.906. The standard InChI is InChI=1S/C16H26N2O/c1-12(16(2,3)4)10-15(19)18(5)14-9-7-6-8-13(14)11-17/h6-9,12H,10-11,17H2,1-5H3. The number of hydrogen-bond acceptors (Lipinski definition) is 2. The summed E-state index contributed by atoms with van der Waals surface area (Å²) in [6.07, 6.45) is 0.554. The Morgan fingerprint density at radius 2 is 1.89 bits per heavy atom. The number of nitrogens with two attached hydrogens (primary N) is 1. The number of carbonyl (C=O) groups excluding carboxylic acids is 1. The first-order valence-electron chi connectivity index (χ1n) is 6.82. The molecule has 0 bridgehead atoms. The van der Waals surface area contributed by atoms with Gasteiger partial charge in [0.1, 0.15) is 0 Å². The molecule has 0 aromatic heterocycles. The molecule has 3 heteroatoms. The molecule has 1 rings (SSSR count). The summed E-state index contributed by atoms with van der Waals surface area (Å²) in [6.45, 7) is 9.07. The minimum atomic E-state index is 0.142. The van der Waals surface area contributed by atoms with E-state index in [0.29, 0.717) is 18.9 Å². The van der Waals surface area contributed by atoms with Crippen LogP contribution in [0.4, 0.5) is 5.69 Å². The lowest BCUT2D eigenvalue weighted by Crippen LogP contribution is -2.31. The Kier molecular flexibility index (Phi) is 5.12. The number of anilines is 1. The van der Waals surface area contributed by atoms with E-state index in [-0.39, 0.29) is 11.3 Å². The van der Waals surface area contributed by atoms with Crippen molar-refractivity contribution in [1.82, 2.24) is 0 Å². The SMILES string of the molecule is CC(CC(=O)N(C)c1ccccc1CN)C(C)(C)C. The van der Waals surface area contributed by atoms with Crippen LogP contribution in [-0.4, -0.2) is 13.0 Å². The van der Waals surface area contributed by atoms with Crippen LogP contribution in [-0.2, 0) is 11.3 Å². The van der Waals surface area contributed by atoms with Crippen molar-refractivity contribution < 1.29 is 4.79 Å². The van der Waals surface area contributed by atoms with E-state index < -0.39 is 0 Å². The molecule has 1 unspecified atom stereocenters. The first kappa shape index (κ1) is 15.7. The number of amides is 1. The molecular weight excluding hydrogens is 236 g/mol. The highest BCUT2D eigenvalue weighted by molar-refractivity contribution is 5.93. The molecule has 0 aliphatic heterocycles. The fraction of sp³-hybridized carbons (Fsp3) is 0.562. The van der Waals surface area contributed by atoms with E-state index in [2.05, 4.69) is 27.7 Å². The van der Waals surface area contributed by atoms with Gasteiger partial charge in [0.25, 0.3) is 0 Å². The maximum atomic E-state index is 12.4. The second-order valence-electron chi connectivity index (χ2n) is 6.26. The van der Waals surface area contributed by atoms with Crippen molar-refractivity contribution in [2.45, 2.75) is 40.7 Å². The van der Waals surface area contributed by atoms with Gasteiger partial charge in [-0.25, -0.2) is 0 Å². The highest BCUT2D eigenvalue weighted by Gasteiger charge is 2.24. The number of para-hydroxylation sites is 1. The van der Waals surface area contributed by atoms with E-state index in [1.807, 2.05) is 31.3 Å². The van der Waals surface area contributed by atoms with Crippen molar-refractivity contribution in [3.8, 4) is 0 Å². The summed E-state index contributed by atoms with van der Waals surface area (Å²) in [4.78, 5) is 14.1. The van der Waals surface area contributed by atoms with Crippen LogP contribution in [0.25, 0.3) is 0 Å². The van der Waals surface area contributed by atoms with E-state index in [9.17, 15) is 4.79 Å². The zero-order valence-electron chi connectivity index (χ0n) is 12.7. The van der Waals surface area contributed by atoms with E-state index in [1.54, 1.807) is 4.90 Å². The fourth-order valence-corrected chi connectivity index (χ4v) is 1.85. The molecule has 0 aliphatic rings. The van der Waals surface area contributed by atoms with Crippen molar-refractivity contribution >= 4 is 11.6 Å². The highest BCUT2D eigenvalue weighted by atomic mass is 16.2. The number of nitrogens with zero attached hydrogens (tertiary/aromatic N) is 1. The lowest BCUT2D eigenvalue weighted by molar-refractivity contribution is -0.119. The van der Waals surface area contributed by atoms with Crippen LogP contribution < -0.4 is 10.6 Å². The van der Waals surface area contributed by atoms with Crippen LogP contribution in [0.3, 0.4) is 0 Å². The topological polar surface area (TPSA) is 46.3 Å². The number of hydrogen-bond donors (Lipinski definition) is 1. The van der Waals surface area contributed by atoms with Crippen LogP contribution in [0.2, 0.25) is 0 Å². The average molecular weight is 262 g/mol. The van der Waals surface area contributed by atoms with Gasteiger partial charge in [0.15, 0.2) is 0 Å². The molecule has 0 spiro atoms. The van der Waals surface area contributed by atoms with E-state index in [0.717, 1.165) is 11.3 Å². The van der Waals surface area contributed by atoms with Gasteiger partial charge in [0.2, 0.25) is 5.91 Å². The summed E-state index contributed by atoms with van der Waals surface area (Å²) in [5, 5.41) is 0. The summed E-state index contributed by atoms with van der Waals surface area (Å²) in [5.74, 6) is 0.482. The summed E-state index contributed by atoms with van der Waals surface area (Å²) in [5.41, 5.74) is 7.78. The van der Waals surface area contributed by atoms with Crippen molar-refractivity contribution in [2.75, 3.05) is 11.9 Å². The van der Waals surface area contributed by atoms with Crippen LogP contribution in [0, 0.1) is 11.3 Å². The molecule has 0 saturated heterocycles. The Morgan fingerprint density at radius 1 is 1.32 bits per heavy atom. The van der Waals surface area contributed by atoms with Crippen molar-refractivity contribution in [2.24, 2.45) is 17.1 Å². The predicted molar refractivity (Wildman–Crippen MR) is 81.0 cm³/mol. The van der Waals surface area contributed by atoms with E-state index >= 15 is 0 Å².